The molecule has 114 valence electrons. The number of likely N-dealkylation sites (N-methyl/N-ethyl adjacent to an activating group) is 3. The summed E-state index contributed by atoms with van der Waals surface area (Å²) in [7, 11) is 6.53. The zero-order valence-electron chi connectivity index (χ0n) is 13.3. The summed E-state index contributed by atoms with van der Waals surface area (Å²) >= 11 is 0. The molecule has 2 unspecified atom stereocenters. The molecule has 0 saturated carbocycles. The van der Waals surface area contributed by atoms with E-state index in [0.717, 1.165) is 26.1 Å². The van der Waals surface area contributed by atoms with Crippen molar-refractivity contribution >= 4 is 0 Å². The topological polar surface area (TPSA) is 36.3 Å². The van der Waals surface area contributed by atoms with Crippen molar-refractivity contribution in [3.05, 3.63) is 18.0 Å². The minimum atomic E-state index is 0.328. The van der Waals surface area contributed by atoms with E-state index in [2.05, 4.69) is 59.0 Å². The molecule has 0 spiro atoms. The molecule has 0 bridgehead atoms. The van der Waals surface area contributed by atoms with E-state index >= 15 is 0 Å². The standard InChI is InChI=1S/C15H29N5/c1-5-9-20-13(7-8-17-20)15(16-2)14-12-18(3)10-6-11-19(14)4/h7-8,14-16H,5-6,9-12H2,1-4H3. The van der Waals surface area contributed by atoms with Crippen LogP contribution in [0.25, 0.3) is 0 Å². The molecule has 0 radical (unpaired) electrons. The number of rotatable bonds is 5. The fourth-order valence-corrected chi connectivity index (χ4v) is 3.21. The molecule has 0 amide bonds. The molecule has 1 aliphatic rings. The number of hydrogen-bond donors (Lipinski definition) is 1. The lowest BCUT2D eigenvalue weighted by Gasteiger charge is -2.34. The van der Waals surface area contributed by atoms with Crippen LogP contribution in [-0.2, 0) is 6.54 Å². The van der Waals surface area contributed by atoms with Crippen molar-refractivity contribution in [2.24, 2.45) is 0 Å². The van der Waals surface area contributed by atoms with Gasteiger partial charge >= 0.3 is 0 Å². The zero-order chi connectivity index (χ0) is 14.5. The Bertz CT molecular complexity index is 403. The lowest BCUT2D eigenvalue weighted by molar-refractivity contribution is 0.177. The van der Waals surface area contributed by atoms with Crippen molar-refractivity contribution in [3.63, 3.8) is 0 Å². The molecule has 2 atom stereocenters. The maximum atomic E-state index is 4.48. The highest BCUT2D eigenvalue weighted by molar-refractivity contribution is 5.11. The second-order valence-corrected chi connectivity index (χ2v) is 5.91. The Hall–Kier alpha value is -0.910. The Morgan fingerprint density at radius 3 is 2.90 bits per heavy atom. The second-order valence-electron chi connectivity index (χ2n) is 5.91. The van der Waals surface area contributed by atoms with Gasteiger partial charge in [-0.15, -0.1) is 0 Å². The van der Waals surface area contributed by atoms with E-state index in [1.165, 1.54) is 18.7 Å². The third-order valence-corrected chi connectivity index (χ3v) is 4.31. The quantitative estimate of drug-likeness (QED) is 0.878. The highest BCUT2D eigenvalue weighted by Crippen LogP contribution is 2.23. The summed E-state index contributed by atoms with van der Waals surface area (Å²) in [6, 6.07) is 2.98. The normalized spacial score (nSPS) is 23.7. The van der Waals surface area contributed by atoms with E-state index in [9.17, 15) is 0 Å². The molecule has 5 nitrogen and oxygen atoms in total. The lowest BCUT2D eigenvalue weighted by Crippen LogP contribution is -2.46. The van der Waals surface area contributed by atoms with Crippen LogP contribution in [0.4, 0.5) is 0 Å². The Kier molecular flexibility index (Phi) is 5.57. The molecular weight excluding hydrogens is 250 g/mol. The summed E-state index contributed by atoms with van der Waals surface area (Å²) in [5, 5.41) is 8.00. The molecule has 2 rings (SSSR count). The summed E-state index contributed by atoms with van der Waals surface area (Å²) in [5.41, 5.74) is 1.31. The summed E-state index contributed by atoms with van der Waals surface area (Å²) in [6.07, 6.45) is 4.29. The van der Waals surface area contributed by atoms with Gasteiger partial charge in [0.2, 0.25) is 0 Å². The Balaban J connectivity index is 2.22. The van der Waals surface area contributed by atoms with Gasteiger partial charge < -0.3 is 15.1 Å². The van der Waals surface area contributed by atoms with Gasteiger partial charge in [-0.25, -0.2) is 0 Å². The van der Waals surface area contributed by atoms with Crippen LogP contribution in [0.2, 0.25) is 0 Å². The van der Waals surface area contributed by atoms with E-state index in [0.29, 0.717) is 12.1 Å². The lowest BCUT2D eigenvalue weighted by atomic mass is 10.0. The zero-order valence-corrected chi connectivity index (χ0v) is 13.3. The SMILES string of the molecule is CCCn1nccc1C(NC)C1CN(C)CCCN1C. The molecule has 20 heavy (non-hydrogen) atoms. The Morgan fingerprint density at radius 2 is 2.20 bits per heavy atom. The number of aryl methyl sites for hydroxylation is 1. The van der Waals surface area contributed by atoms with Crippen molar-refractivity contribution in [1.29, 1.82) is 0 Å². The van der Waals surface area contributed by atoms with E-state index in [4.69, 9.17) is 0 Å². The van der Waals surface area contributed by atoms with Crippen molar-refractivity contribution in [1.82, 2.24) is 24.9 Å². The predicted octanol–water partition coefficient (Wildman–Crippen LogP) is 1.19. The fourth-order valence-electron chi connectivity index (χ4n) is 3.21. The van der Waals surface area contributed by atoms with Gasteiger partial charge in [0, 0.05) is 25.3 Å². The highest BCUT2D eigenvalue weighted by atomic mass is 15.3. The van der Waals surface area contributed by atoms with Gasteiger partial charge in [-0.05, 0) is 53.1 Å². The van der Waals surface area contributed by atoms with Crippen molar-refractivity contribution in [3.8, 4) is 0 Å². The molecule has 1 saturated heterocycles. The predicted molar refractivity (Wildman–Crippen MR) is 82.9 cm³/mol. The van der Waals surface area contributed by atoms with Gasteiger partial charge in [-0.1, -0.05) is 6.92 Å². The van der Waals surface area contributed by atoms with Crippen LogP contribution in [0.15, 0.2) is 12.3 Å². The van der Waals surface area contributed by atoms with Crippen molar-refractivity contribution < 1.29 is 0 Å². The van der Waals surface area contributed by atoms with Crippen LogP contribution in [0, 0.1) is 0 Å². The average Bonchev–Trinajstić information content (AvgIpc) is 2.80. The van der Waals surface area contributed by atoms with Gasteiger partial charge in [-0.3, -0.25) is 4.68 Å². The van der Waals surface area contributed by atoms with Crippen molar-refractivity contribution in [2.75, 3.05) is 40.8 Å². The minimum Gasteiger partial charge on any atom is -0.310 e. The second kappa shape index (κ2) is 7.20. The van der Waals surface area contributed by atoms with Crippen LogP contribution >= 0.6 is 0 Å². The third kappa shape index (κ3) is 3.40. The molecule has 1 aromatic heterocycles. The Morgan fingerprint density at radius 1 is 1.40 bits per heavy atom. The number of aromatic nitrogens is 2. The van der Waals surface area contributed by atoms with Crippen LogP contribution in [-0.4, -0.2) is 66.4 Å². The molecule has 0 aliphatic carbocycles. The maximum Gasteiger partial charge on any atom is 0.0659 e. The maximum absolute atomic E-state index is 4.48. The van der Waals surface area contributed by atoms with E-state index in [-0.39, 0.29) is 0 Å². The third-order valence-electron chi connectivity index (χ3n) is 4.31. The first kappa shape index (κ1) is 15.5. The van der Waals surface area contributed by atoms with E-state index in [1.807, 2.05) is 6.20 Å². The smallest absolute Gasteiger partial charge is 0.0659 e. The molecular formula is C15H29N5. The molecule has 1 fully saturated rings. The molecule has 1 aliphatic heterocycles. The summed E-state index contributed by atoms with van der Waals surface area (Å²) in [5.74, 6) is 0. The fraction of sp³-hybridized carbons (Fsp3) is 0.800. The molecule has 1 N–H and O–H groups in total. The van der Waals surface area contributed by atoms with E-state index in [1.54, 1.807) is 0 Å². The first-order valence-corrected chi connectivity index (χ1v) is 7.75. The van der Waals surface area contributed by atoms with Gasteiger partial charge in [0.05, 0.1) is 11.7 Å². The van der Waals surface area contributed by atoms with Crippen LogP contribution < -0.4 is 5.32 Å². The molecule has 0 aromatic carbocycles. The largest absolute Gasteiger partial charge is 0.310 e. The minimum absolute atomic E-state index is 0.328. The summed E-state index contributed by atoms with van der Waals surface area (Å²) in [6.45, 7) is 6.64. The average molecular weight is 279 g/mol. The van der Waals surface area contributed by atoms with Crippen molar-refractivity contribution in [2.45, 2.75) is 38.4 Å². The van der Waals surface area contributed by atoms with Gasteiger partial charge in [0.25, 0.3) is 0 Å². The van der Waals surface area contributed by atoms with Gasteiger partial charge in [0.1, 0.15) is 0 Å². The number of nitrogens with zero attached hydrogens (tertiary/aromatic N) is 4. The number of hydrogen-bond acceptors (Lipinski definition) is 4. The molecule has 5 heteroatoms. The van der Waals surface area contributed by atoms with Gasteiger partial charge in [-0.2, -0.15) is 5.10 Å². The monoisotopic (exact) mass is 279 g/mol. The first-order valence-electron chi connectivity index (χ1n) is 7.75. The summed E-state index contributed by atoms with van der Waals surface area (Å²) < 4.78 is 2.15. The first-order chi connectivity index (χ1) is 9.67. The highest BCUT2D eigenvalue weighted by Gasteiger charge is 2.30. The van der Waals surface area contributed by atoms with E-state index < -0.39 is 0 Å². The molecule has 2 heterocycles. The molecule has 1 aromatic rings. The Labute approximate surface area is 122 Å². The van der Waals surface area contributed by atoms with Crippen LogP contribution in [0.1, 0.15) is 31.5 Å². The van der Waals surface area contributed by atoms with Crippen LogP contribution in [0.3, 0.4) is 0 Å². The van der Waals surface area contributed by atoms with Crippen LogP contribution in [0.5, 0.6) is 0 Å². The van der Waals surface area contributed by atoms with Gasteiger partial charge in [0.15, 0.2) is 0 Å². The number of nitrogens with one attached hydrogen (secondary N) is 1. The summed E-state index contributed by atoms with van der Waals surface area (Å²) in [4.78, 5) is 4.94.